The Bertz CT molecular complexity index is 318. The van der Waals surface area contributed by atoms with Crippen molar-refractivity contribution in [3.05, 3.63) is 10.6 Å². The third kappa shape index (κ3) is 2.16. The molecule has 0 aromatic carbocycles. The van der Waals surface area contributed by atoms with Crippen LogP contribution >= 0.6 is 11.3 Å². The molecule has 1 N–H and O–H groups in total. The number of hydrogen-bond acceptors (Lipinski definition) is 4. The van der Waals surface area contributed by atoms with E-state index in [1.165, 1.54) is 17.7 Å². The fourth-order valence-electron chi connectivity index (χ4n) is 2.02. The molecular weight excluding hydrogens is 208 g/mol. The molecule has 1 atom stereocenters. The Hall–Kier alpha value is -0.610. The third-order valence-corrected chi connectivity index (χ3v) is 4.21. The topological polar surface area (TPSA) is 36.4 Å². The molecule has 0 radical (unpaired) electrons. The number of aromatic nitrogens is 1. The molecule has 2 rings (SSSR count). The van der Waals surface area contributed by atoms with Gasteiger partial charge in [0.1, 0.15) is 0 Å². The highest BCUT2D eigenvalue weighted by Gasteiger charge is 2.24. The molecule has 2 heterocycles. The van der Waals surface area contributed by atoms with E-state index in [1.54, 1.807) is 11.3 Å². The monoisotopic (exact) mass is 226 g/mol. The third-order valence-electron chi connectivity index (χ3n) is 3.10. The summed E-state index contributed by atoms with van der Waals surface area (Å²) in [6.07, 6.45) is 3.54. The van der Waals surface area contributed by atoms with E-state index >= 15 is 0 Å². The molecule has 1 aliphatic heterocycles. The van der Waals surface area contributed by atoms with Gasteiger partial charge < -0.3 is 10.0 Å². The van der Waals surface area contributed by atoms with Gasteiger partial charge in [-0.1, -0.05) is 0 Å². The number of aryl methyl sites for hydroxylation is 2. The normalized spacial score (nSPS) is 22.1. The van der Waals surface area contributed by atoms with Crippen LogP contribution in [0.15, 0.2) is 0 Å². The highest BCUT2D eigenvalue weighted by Crippen LogP contribution is 2.30. The number of hydrogen-bond donors (Lipinski definition) is 1. The lowest BCUT2D eigenvalue weighted by Gasteiger charge is -2.34. The molecule has 84 valence electrons. The molecule has 1 fully saturated rings. The Labute approximate surface area is 94.8 Å². The molecule has 1 unspecified atom stereocenters. The average molecular weight is 226 g/mol. The van der Waals surface area contributed by atoms with Gasteiger partial charge in [0.25, 0.3) is 0 Å². The molecule has 15 heavy (non-hydrogen) atoms. The molecule has 0 amide bonds. The minimum Gasteiger partial charge on any atom is -0.394 e. The second-order valence-corrected chi connectivity index (χ2v) is 5.35. The van der Waals surface area contributed by atoms with Crippen LogP contribution in [-0.2, 0) is 0 Å². The molecule has 0 saturated carbocycles. The van der Waals surface area contributed by atoms with Crippen molar-refractivity contribution in [2.45, 2.75) is 39.2 Å². The van der Waals surface area contributed by atoms with Crippen LogP contribution in [0.4, 0.5) is 5.13 Å². The largest absolute Gasteiger partial charge is 0.394 e. The number of aliphatic hydroxyl groups is 1. The van der Waals surface area contributed by atoms with Crippen molar-refractivity contribution in [1.82, 2.24) is 4.98 Å². The number of nitrogens with zero attached hydrogens (tertiary/aromatic N) is 2. The molecule has 0 spiro atoms. The summed E-state index contributed by atoms with van der Waals surface area (Å²) >= 11 is 1.74. The fourth-order valence-corrected chi connectivity index (χ4v) is 3.03. The highest BCUT2D eigenvalue weighted by molar-refractivity contribution is 7.15. The first-order valence-electron chi connectivity index (χ1n) is 5.54. The number of aliphatic hydroxyl groups excluding tert-OH is 1. The van der Waals surface area contributed by atoms with E-state index < -0.39 is 0 Å². The zero-order chi connectivity index (χ0) is 10.8. The highest BCUT2D eigenvalue weighted by atomic mass is 32.1. The van der Waals surface area contributed by atoms with Gasteiger partial charge in [0.05, 0.1) is 18.3 Å². The van der Waals surface area contributed by atoms with E-state index in [0.29, 0.717) is 0 Å². The van der Waals surface area contributed by atoms with Crippen LogP contribution in [0.25, 0.3) is 0 Å². The van der Waals surface area contributed by atoms with E-state index in [4.69, 9.17) is 0 Å². The predicted molar refractivity (Wildman–Crippen MR) is 63.7 cm³/mol. The second kappa shape index (κ2) is 4.49. The summed E-state index contributed by atoms with van der Waals surface area (Å²) in [6.45, 7) is 5.44. The molecule has 1 aliphatic rings. The number of anilines is 1. The minimum absolute atomic E-state index is 0.248. The second-order valence-electron chi connectivity index (χ2n) is 4.16. The smallest absolute Gasteiger partial charge is 0.186 e. The van der Waals surface area contributed by atoms with Crippen LogP contribution in [0.3, 0.4) is 0 Å². The summed E-state index contributed by atoms with van der Waals surface area (Å²) in [5, 5.41) is 10.4. The van der Waals surface area contributed by atoms with Crippen molar-refractivity contribution in [2.24, 2.45) is 0 Å². The molecule has 0 bridgehead atoms. The first-order chi connectivity index (χ1) is 7.22. The van der Waals surface area contributed by atoms with E-state index in [-0.39, 0.29) is 12.6 Å². The minimum atomic E-state index is 0.248. The molecule has 0 aliphatic carbocycles. The van der Waals surface area contributed by atoms with Gasteiger partial charge >= 0.3 is 0 Å². The van der Waals surface area contributed by atoms with Crippen LogP contribution in [-0.4, -0.2) is 29.3 Å². The van der Waals surface area contributed by atoms with Gasteiger partial charge in [-0.15, -0.1) is 11.3 Å². The van der Waals surface area contributed by atoms with Gasteiger partial charge in [-0.25, -0.2) is 4.98 Å². The number of thiazole rings is 1. The lowest BCUT2D eigenvalue weighted by atomic mass is 10.0. The zero-order valence-electron chi connectivity index (χ0n) is 9.36. The maximum absolute atomic E-state index is 9.33. The Balaban J connectivity index is 2.20. The summed E-state index contributed by atoms with van der Waals surface area (Å²) < 4.78 is 0. The van der Waals surface area contributed by atoms with Crippen molar-refractivity contribution in [2.75, 3.05) is 18.1 Å². The van der Waals surface area contributed by atoms with E-state index in [0.717, 1.165) is 23.8 Å². The van der Waals surface area contributed by atoms with Gasteiger partial charge in [0, 0.05) is 11.4 Å². The quantitative estimate of drug-likeness (QED) is 0.839. The Morgan fingerprint density at radius 1 is 1.47 bits per heavy atom. The maximum Gasteiger partial charge on any atom is 0.186 e. The van der Waals surface area contributed by atoms with Crippen LogP contribution in [0.5, 0.6) is 0 Å². The first kappa shape index (κ1) is 10.9. The molecule has 4 heteroatoms. The van der Waals surface area contributed by atoms with Crippen molar-refractivity contribution in [3.63, 3.8) is 0 Å². The van der Waals surface area contributed by atoms with Crippen molar-refractivity contribution >= 4 is 16.5 Å². The Morgan fingerprint density at radius 3 is 2.87 bits per heavy atom. The lowest BCUT2D eigenvalue weighted by Crippen LogP contribution is -2.41. The summed E-state index contributed by atoms with van der Waals surface area (Å²) in [6, 6.07) is 0.281. The molecule has 1 saturated heterocycles. The SMILES string of the molecule is Cc1nc(N2CCCCC2CO)sc1C. The van der Waals surface area contributed by atoms with E-state index in [9.17, 15) is 5.11 Å². The van der Waals surface area contributed by atoms with Crippen LogP contribution in [0.1, 0.15) is 29.8 Å². The average Bonchev–Trinajstić information content (AvgIpc) is 2.59. The molecule has 3 nitrogen and oxygen atoms in total. The van der Waals surface area contributed by atoms with Crippen molar-refractivity contribution in [3.8, 4) is 0 Å². The summed E-state index contributed by atoms with van der Waals surface area (Å²) in [4.78, 5) is 8.12. The van der Waals surface area contributed by atoms with Gasteiger partial charge in [-0.3, -0.25) is 0 Å². The van der Waals surface area contributed by atoms with Crippen LogP contribution in [0.2, 0.25) is 0 Å². The van der Waals surface area contributed by atoms with Crippen LogP contribution in [0, 0.1) is 13.8 Å². The van der Waals surface area contributed by atoms with Gasteiger partial charge in [-0.2, -0.15) is 0 Å². The summed E-state index contributed by atoms with van der Waals surface area (Å²) in [5.41, 5.74) is 1.12. The molecule has 1 aromatic heterocycles. The van der Waals surface area contributed by atoms with Gasteiger partial charge in [-0.05, 0) is 33.1 Å². The molecule has 1 aromatic rings. The summed E-state index contributed by atoms with van der Waals surface area (Å²) in [7, 11) is 0. The first-order valence-corrected chi connectivity index (χ1v) is 6.35. The lowest BCUT2D eigenvalue weighted by molar-refractivity contribution is 0.240. The standard InChI is InChI=1S/C11H18N2OS/c1-8-9(2)15-11(12-8)13-6-4-3-5-10(13)7-14/h10,14H,3-7H2,1-2H3. The number of piperidine rings is 1. The van der Waals surface area contributed by atoms with E-state index in [1.807, 2.05) is 6.92 Å². The Kier molecular flexibility index (Phi) is 3.26. The predicted octanol–water partition coefficient (Wildman–Crippen LogP) is 2.11. The fraction of sp³-hybridized carbons (Fsp3) is 0.727. The van der Waals surface area contributed by atoms with Crippen LogP contribution < -0.4 is 4.90 Å². The molecular formula is C11H18N2OS. The van der Waals surface area contributed by atoms with Crippen molar-refractivity contribution in [1.29, 1.82) is 0 Å². The van der Waals surface area contributed by atoms with E-state index in [2.05, 4.69) is 16.8 Å². The number of rotatable bonds is 2. The van der Waals surface area contributed by atoms with Gasteiger partial charge in [0.15, 0.2) is 5.13 Å². The maximum atomic E-state index is 9.33. The van der Waals surface area contributed by atoms with Gasteiger partial charge in [0.2, 0.25) is 0 Å². The zero-order valence-corrected chi connectivity index (χ0v) is 10.2. The Morgan fingerprint density at radius 2 is 2.27 bits per heavy atom. The summed E-state index contributed by atoms with van der Waals surface area (Å²) in [5.74, 6) is 0. The van der Waals surface area contributed by atoms with Crippen molar-refractivity contribution < 1.29 is 5.11 Å².